The molecule has 3 rings (SSSR count). The number of anilines is 1. The Morgan fingerprint density at radius 1 is 1.37 bits per heavy atom. The van der Waals surface area contributed by atoms with Crippen LogP contribution >= 0.6 is 11.3 Å². The van der Waals surface area contributed by atoms with Crippen molar-refractivity contribution in [2.24, 2.45) is 0 Å². The van der Waals surface area contributed by atoms with E-state index in [1.165, 1.54) is 11.3 Å². The van der Waals surface area contributed by atoms with Gasteiger partial charge in [0.25, 0.3) is 5.91 Å². The summed E-state index contributed by atoms with van der Waals surface area (Å²) in [5, 5.41) is 12.0. The van der Waals surface area contributed by atoms with Gasteiger partial charge in [-0.1, -0.05) is 24.3 Å². The van der Waals surface area contributed by atoms with E-state index in [4.69, 9.17) is 0 Å². The highest BCUT2D eigenvalue weighted by Gasteiger charge is 2.29. The molecule has 4 heteroatoms. The predicted octanol–water partition coefficient (Wildman–Crippen LogP) is 3.14. The zero-order valence-corrected chi connectivity index (χ0v) is 11.5. The first-order valence-electron chi connectivity index (χ1n) is 6.31. The summed E-state index contributed by atoms with van der Waals surface area (Å²) < 4.78 is 0. The van der Waals surface area contributed by atoms with E-state index in [0.717, 1.165) is 21.7 Å². The Morgan fingerprint density at radius 2 is 2.21 bits per heavy atom. The summed E-state index contributed by atoms with van der Waals surface area (Å²) >= 11 is 1.45. The van der Waals surface area contributed by atoms with Crippen LogP contribution < -0.4 is 4.90 Å². The Kier molecular flexibility index (Phi) is 3.12. The lowest BCUT2D eigenvalue weighted by atomic mass is 9.95. The van der Waals surface area contributed by atoms with Crippen LogP contribution in [0.5, 0.6) is 0 Å². The van der Waals surface area contributed by atoms with Crippen LogP contribution in [0, 0.1) is 6.92 Å². The van der Waals surface area contributed by atoms with E-state index < -0.39 is 6.10 Å². The molecule has 3 nitrogen and oxygen atoms in total. The number of aliphatic hydroxyl groups is 1. The molecule has 98 valence electrons. The van der Waals surface area contributed by atoms with Gasteiger partial charge in [-0.25, -0.2) is 0 Å². The smallest absolute Gasteiger partial charge is 0.268 e. The third-order valence-corrected chi connectivity index (χ3v) is 4.36. The van der Waals surface area contributed by atoms with E-state index in [2.05, 4.69) is 0 Å². The van der Waals surface area contributed by atoms with Crippen molar-refractivity contribution in [2.75, 3.05) is 11.4 Å². The maximum absolute atomic E-state index is 12.5. The third-order valence-electron chi connectivity index (χ3n) is 3.50. The fourth-order valence-electron chi connectivity index (χ4n) is 2.57. The molecule has 1 aliphatic heterocycles. The molecule has 0 bridgehead atoms. The van der Waals surface area contributed by atoms with Gasteiger partial charge < -0.3 is 10.0 Å². The van der Waals surface area contributed by atoms with Crippen molar-refractivity contribution >= 4 is 22.9 Å². The van der Waals surface area contributed by atoms with Crippen molar-refractivity contribution in [1.29, 1.82) is 0 Å². The summed E-state index contributed by atoms with van der Waals surface area (Å²) in [5.74, 6) is 0.0254. The number of rotatable bonds is 1. The van der Waals surface area contributed by atoms with E-state index in [1.54, 1.807) is 4.90 Å². The second-order valence-electron chi connectivity index (χ2n) is 4.75. The van der Waals surface area contributed by atoms with Crippen molar-refractivity contribution in [3.63, 3.8) is 0 Å². The summed E-state index contributed by atoms with van der Waals surface area (Å²) in [6, 6.07) is 9.54. The van der Waals surface area contributed by atoms with Gasteiger partial charge in [0.05, 0.1) is 16.7 Å². The number of aliphatic hydroxyl groups excluding tert-OH is 1. The molecule has 1 aliphatic rings. The van der Waals surface area contributed by atoms with Gasteiger partial charge in [0.1, 0.15) is 0 Å². The fourth-order valence-corrected chi connectivity index (χ4v) is 3.25. The molecule has 1 aromatic heterocycles. The quantitative estimate of drug-likeness (QED) is 0.867. The first-order valence-corrected chi connectivity index (χ1v) is 7.19. The maximum Gasteiger partial charge on any atom is 0.268 e. The molecule has 1 unspecified atom stereocenters. The van der Waals surface area contributed by atoms with Gasteiger partial charge in [0.2, 0.25) is 0 Å². The number of hydrogen-bond donors (Lipinski definition) is 1. The second kappa shape index (κ2) is 4.79. The van der Waals surface area contributed by atoms with Gasteiger partial charge >= 0.3 is 0 Å². The van der Waals surface area contributed by atoms with Crippen LogP contribution in [0.25, 0.3) is 0 Å². The normalized spacial score (nSPS) is 18.2. The van der Waals surface area contributed by atoms with Crippen LogP contribution in [-0.4, -0.2) is 17.6 Å². The molecule has 1 amide bonds. The van der Waals surface area contributed by atoms with Crippen LogP contribution in [0.2, 0.25) is 0 Å². The number of benzene rings is 1. The van der Waals surface area contributed by atoms with Crippen LogP contribution in [0.15, 0.2) is 35.7 Å². The predicted molar refractivity (Wildman–Crippen MR) is 76.8 cm³/mol. The first kappa shape index (κ1) is 12.4. The van der Waals surface area contributed by atoms with E-state index in [9.17, 15) is 9.90 Å². The van der Waals surface area contributed by atoms with Crippen LogP contribution in [0.1, 0.15) is 33.3 Å². The van der Waals surface area contributed by atoms with E-state index in [-0.39, 0.29) is 5.91 Å². The number of nitrogens with zero attached hydrogens (tertiary/aromatic N) is 1. The highest BCUT2D eigenvalue weighted by molar-refractivity contribution is 7.12. The van der Waals surface area contributed by atoms with Crippen LogP contribution in [0.4, 0.5) is 5.69 Å². The molecule has 19 heavy (non-hydrogen) atoms. The molecule has 0 saturated carbocycles. The standard InChI is InChI=1S/C15H15NO2S/c1-10-4-2-5-11-12(17)7-8-16(14(10)11)15(18)13-6-3-9-19-13/h2-6,9,12,17H,7-8H2,1H3. The lowest BCUT2D eigenvalue weighted by Crippen LogP contribution is -2.36. The minimum absolute atomic E-state index is 0.0254. The van der Waals surface area contributed by atoms with E-state index >= 15 is 0 Å². The monoisotopic (exact) mass is 273 g/mol. The Bertz CT molecular complexity index is 607. The third kappa shape index (κ3) is 2.07. The molecule has 0 fully saturated rings. The molecular weight excluding hydrogens is 258 g/mol. The SMILES string of the molecule is Cc1cccc2c1N(C(=O)c1cccs1)CCC2O. The zero-order valence-electron chi connectivity index (χ0n) is 10.7. The topological polar surface area (TPSA) is 40.5 Å². The highest BCUT2D eigenvalue weighted by Crippen LogP contribution is 2.37. The van der Waals surface area contributed by atoms with Gasteiger partial charge in [-0.2, -0.15) is 0 Å². The molecule has 0 radical (unpaired) electrons. The summed E-state index contributed by atoms with van der Waals surface area (Å²) in [6.45, 7) is 2.54. The Labute approximate surface area is 116 Å². The Balaban J connectivity index is 2.06. The number of para-hydroxylation sites is 1. The number of carbonyl (C=O) groups is 1. The molecule has 0 saturated heterocycles. The fraction of sp³-hybridized carbons (Fsp3) is 0.267. The average Bonchev–Trinajstić information content (AvgIpc) is 2.93. The lowest BCUT2D eigenvalue weighted by Gasteiger charge is -2.33. The molecule has 1 aromatic carbocycles. The molecular formula is C15H15NO2S. The molecule has 2 aromatic rings. The molecule has 0 spiro atoms. The molecule has 1 atom stereocenters. The summed E-state index contributed by atoms with van der Waals surface area (Å²) in [6.07, 6.45) is 0.121. The van der Waals surface area contributed by atoms with Crippen molar-refractivity contribution in [3.05, 3.63) is 51.7 Å². The molecule has 2 heterocycles. The number of carbonyl (C=O) groups excluding carboxylic acids is 1. The minimum Gasteiger partial charge on any atom is -0.388 e. The van der Waals surface area contributed by atoms with E-state index in [1.807, 2.05) is 42.6 Å². The molecule has 0 aliphatic carbocycles. The van der Waals surface area contributed by atoms with Crippen molar-refractivity contribution in [2.45, 2.75) is 19.4 Å². The lowest BCUT2D eigenvalue weighted by molar-refractivity contribution is 0.0974. The van der Waals surface area contributed by atoms with Crippen molar-refractivity contribution < 1.29 is 9.90 Å². The number of thiophene rings is 1. The van der Waals surface area contributed by atoms with Gasteiger partial charge in [-0.05, 0) is 30.4 Å². The number of aryl methyl sites for hydroxylation is 1. The van der Waals surface area contributed by atoms with Crippen LogP contribution in [-0.2, 0) is 0 Å². The zero-order chi connectivity index (χ0) is 13.4. The number of hydrogen-bond acceptors (Lipinski definition) is 3. The Hall–Kier alpha value is -1.65. The molecule has 1 N–H and O–H groups in total. The summed E-state index contributed by atoms with van der Waals surface area (Å²) in [4.78, 5) is 15.1. The number of fused-ring (bicyclic) bond motifs is 1. The summed E-state index contributed by atoms with van der Waals surface area (Å²) in [7, 11) is 0. The van der Waals surface area contributed by atoms with Crippen LogP contribution in [0.3, 0.4) is 0 Å². The highest BCUT2D eigenvalue weighted by atomic mass is 32.1. The van der Waals surface area contributed by atoms with Gasteiger partial charge in [-0.3, -0.25) is 4.79 Å². The second-order valence-corrected chi connectivity index (χ2v) is 5.70. The largest absolute Gasteiger partial charge is 0.388 e. The minimum atomic E-state index is -0.470. The average molecular weight is 273 g/mol. The van der Waals surface area contributed by atoms with Gasteiger partial charge in [0, 0.05) is 12.1 Å². The van der Waals surface area contributed by atoms with Gasteiger partial charge in [0.15, 0.2) is 0 Å². The summed E-state index contributed by atoms with van der Waals surface area (Å²) in [5.41, 5.74) is 2.76. The maximum atomic E-state index is 12.5. The van der Waals surface area contributed by atoms with Crippen molar-refractivity contribution in [1.82, 2.24) is 0 Å². The van der Waals surface area contributed by atoms with Gasteiger partial charge in [-0.15, -0.1) is 11.3 Å². The Morgan fingerprint density at radius 3 is 2.95 bits per heavy atom. The number of amides is 1. The van der Waals surface area contributed by atoms with Crippen molar-refractivity contribution in [3.8, 4) is 0 Å². The van der Waals surface area contributed by atoms with E-state index in [0.29, 0.717) is 13.0 Å². The first-order chi connectivity index (χ1) is 9.18.